The first-order valence-electron chi connectivity index (χ1n) is 11.1. The first-order chi connectivity index (χ1) is 15.9. The molecule has 6 nitrogen and oxygen atoms in total. The first kappa shape index (κ1) is 24.6. The van der Waals surface area contributed by atoms with Crippen LogP contribution in [0.15, 0.2) is 41.6 Å². The molecule has 180 valence electrons. The Morgan fingerprint density at radius 1 is 1.06 bits per heavy atom. The monoisotopic (exact) mass is 502 g/mol. The highest BCUT2D eigenvalue weighted by Crippen LogP contribution is 2.71. The summed E-state index contributed by atoms with van der Waals surface area (Å²) in [5, 5.41) is 7.99. The van der Waals surface area contributed by atoms with Gasteiger partial charge in [-0.15, -0.1) is 0 Å². The molecule has 34 heavy (non-hydrogen) atoms. The molecule has 0 spiro atoms. The Morgan fingerprint density at radius 3 is 2.47 bits per heavy atom. The van der Waals surface area contributed by atoms with E-state index in [-0.39, 0.29) is 16.5 Å². The molecule has 0 saturated heterocycles. The van der Waals surface area contributed by atoms with Crippen molar-refractivity contribution in [2.75, 3.05) is 12.4 Å². The number of nitrogens with zero attached hydrogens (tertiary/aromatic N) is 1. The number of fused-ring (bicyclic) bond motifs is 2. The zero-order valence-corrected chi connectivity index (χ0v) is 21.4. The van der Waals surface area contributed by atoms with Crippen LogP contribution < -0.4 is 10.1 Å². The number of nitrogens with one attached hydrogen (secondary N) is 1. The molecule has 2 aromatic carbocycles. The number of rotatable bonds is 5. The number of anilines is 1. The van der Waals surface area contributed by atoms with Gasteiger partial charge < -0.3 is 14.9 Å². The van der Waals surface area contributed by atoms with Crippen LogP contribution in [0.4, 0.5) is 5.69 Å². The molecule has 2 aromatic rings. The normalized spacial score (nSPS) is 25.9. The van der Waals surface area contributed by atoms with Crippen molar-refractivity contribution in [2.24, 2.45) is 21.4 Å². The van der Waals surface area contributed by atoms with Crippen LogP contribution in [0.5, 0.6) is 5.75 Å². The van der Waals surface area contributed by atoms with Gasteiger partial charge in [-0.05, 0) is 61.1 Å². The maximum absolute atomic E-state index is 13.8. The van der Waals surface area contributed by atoms with E-state index in [1.807, 2.05) is 25.1 Å². The molecule has 0 aliphatic heterocycles. The number of carbonyl (C=O) groups is 2. The number of aryl methyl sites for hydroxylation is 1. The molecule has 1 N–H and O–H groups in total. The molecule has 2 atom stereocenters. The Labute approximate surface area is 209 Å². The van der Waals surface area contributed by atoms with E-state index < -0.39 is 22.2 Å². The number of hydrogen-bond donors (Lipinski definition) is 1. The molecule has 2 saturated carbocycles. The third kappa shape index (κ3) is 3.68. The second kappa shape index (κ2) is 8.58. The van der Waals surface area contributed by atoms with Crippen molar-refractivity contribution >= 4 is 46.5 Å². The molecule has 2 aliphatic rings. The van der Waals surface area contributed by atoms with Crippen LogP contribution in [0, 0.1) is 23.2 Å². The van der Waals surface area contributed by atoms with Crippen molar-refractivity contribution in [1.29, 1.82) is 0 Å². The van der Waals surface area contributed by atoms with Gasteiger partial charge in [-0.25, -0.2) is 4.79 Å². The topological polar surface area (TPSA) is 77.0 Å². The quantitative estimate of drug-likeness (QED) is 0.365. The lowest BCUT2D eigenvalue weighted by Crippen LogP contribution is -2.43. The average molecular weight is 503 g/mol. The summed E-state index contributed by atoms with van der Waals surface area (Å²) < 4.78 is 5.44. The highest BCUT2D eigenvalue weighted by Gasteiger charge is 2.71. The number of oxime groups is 1. The lowest BCUT2D eigenvalue weighted by atomic mass is 9.64. The Bertz CT molecular complexity index is 1210. The van der Waals surface area contributed by atoms with Crippen molar-refractivity contribution in [2.45, 2.75) is 47.0 Å². The third-order valence-electron chi connectivity index (χ3n) is 8.16. The average Bonchev–Trinajstić information content (AvgIpc) is 3.08. The predicted molar refractivity (Wildman–Crippen MR) is 134 cm³/mol. The highest BCUT2D eigenvalue weighted by molar-refractivity contribution is 6.36. The Kier molecular flexibility index (Phi) is 6.19. The van der Waals surface area contributed by atoms with Gasteiger partial charge in [0.15, 0.2) is 0 Å². The molecule has 0 aromatic heterocycles. The molecule has 0 radical (unpaired) electrons. The second-order valence-corrected chi connectivity index (χ2v) is 10.8. The van der Waals surface area contributed by atoms with E-state index in [0.29, 0.717) is 35.0 Å². The Morgan fingerprint density at radius 2 is 1.79 bits per heavy atom. The van der Waals surface area contributed by atoms with Gasteiger partial charge in [-0.2, -0.15) is 0 Å². The minimum Gasteiger partial charge on any atom is -0.495 e. The number of halogens is 2. The van der Waals surface area contributed by atoms with E-state index in [1.165, 1.54) is 12.1 Å². The van der Waals surface area contributed by atoms with Crippen LogP contribution in [0.1, 0.15) is 56.0 Å². The van der Waals surface area contributed by atoms with Crippen LogP contribution in [-0.4, -0.2) is 24.7 Å². The van der Waals surface area contributed by atoms with Crippen molar-refractivity contribution in [1.82, 2.24) is 0 Å². The summed E-state index contributed by atoms with van der Waals surface area (Å²) in [7, 11) is 1.58. The zero-order valence-electron chi connectivity index (χ0n) is 19.9. The van der Waals surface area contributed by atoms with E-state index in [1.54, 1.807) is 13.2 Å². The van der Waals surface area contributed by atoms with Gasteiger partial charge in [0.1, 0.15) is 5.75 Å². The van der Waals surface area contributed by atoms with Gasteiger partial charge in [-0.3, -0.25) is 4.79 Å². The number of ether oxygens (including phenoxy) is 1. The lowest BCUT2D eigenvalue weighted by molar-refractivity contribution is -0.130. The Balaban J connectivity index is 1.61. The summed E-state index contributed by atoms with van der Waals surface area (Å²) in [5.74, 6) is -0.140. The maximum atomic E-state index is 13.8. The first-order valence-corrected chi connectivity index (χ1v) is 11.9. The van der Waals surface area contributed by atoms with Crippen LogP contribution in [-0.2, 0) is 9.63 Å². The van der Waals surface area contributed by atoms with Gasteiger partial charge in [0.2, 0.25) is 5.91 Å². The highest BCUT2D eigenvalue weighted by atomic mass is 35.5. The number of hydrogen-bond acceptors (Lipinski definition) is 5. The van der Waals surface area contributed by atoms with Crippen molar-refractivity contribution in [3.05, 3.63) is 57.6 Å². The lowest BCUT2D eigenvalue weighted by Gasteiger charge is -2.39. The molecule has 2 bridgehead atoms. The van der Waals surface area contributed by atoms with Crippen molar-refractivity contribution in [3.63, 3.8) is 0 Å². The van der Waals surface area contributed by atoms with Crippen LogP contribution in [0.25, 0.3) is 0 Å². The second-order valence-electron chi connectivity index (χ2n) is 9.91. The van der Waals surface area contributed by atoms with Crippen LogP contribution >= 0.6 is 23.2 Å². The number of carbonyl (C=O) groups excluding carboxylic acids is 2. The van der Waals surface area contributed by atoms with Crippen LogP contribution in [0.2, 0.25) is 10.0 Å². The Hall–Kier alpha value is -2.57. The summed E-state index contributed by atoms with van der Waals surface area (Å²) in [4.78, 5) is 31.7. The van der Waals surface area contributed by atoms with E-state index in [0.717, 1.165) is 12.0 Å². The largest absolute Gasteiger partial charge is 0.495 e. The number of benzene rings is 2. The summed E-state index contributed by atoms with van der Waals surface area (Å²) in [6.07, 6.45) is 1.88. The van der Waals surface area contributed by atoms with Gasteiger partial charge in [0.25, 0.3) is 0 Å². The van der Waals surface area contributed by atoms with Crippen molar-refractivity contribution < 1.29 is 19.2 Å². The molecular weight excluding hydrogens is 475 g/mol. The van der Waals surface area contributed by atoms with Gasteiger partial charge >= 0.3 is 5.97 Å². The maximum Gasteiger partial charge on any atom is 0.367 e. The summed E-state index contributed by atoms with van der Waals surface area (Å²) in [5.41, 5.74) is 1.04. The fraction of sp³-hybridized carbons (Fsp3) is 0.423. The number of methoxy groups -OCH3 is 1. The van der Waals surface area contributed by atoms with E-state index in [4.69, 9.17) is 32.8 Å². The summed E-state index contributed by atoms with van der Waals surface area (Å²) in [6.45, 7) is 8.23. The SMILES string of the molecule is COc1ccc(C)cc1NC(=O)C12CCC(C)(C(=NOC(=O)c3ccc(Cl)cc3Cl)C1)C2(C)C. The fourth-order valence-electron chi connectivity index (χ4n) is 5.48. The summed E-state index contributed by atoms with van der Waals surface area (Å²) >= 11 is 12.1. The smallest absolute Gasteiger partial charge is 0.367 e. The van der Waals surface area contributed by atoms with E-state index >= 15 is 0 Å². The molecule has 0 heterocycles. The fourth-order valence-corrected chi connectivity index (χ4v) is 5.97. The zero-order chi connectivity index (χ0) is 24.9. The van der Waals surface area contributed by atoms with Gasteiger partial charge in [-0.1, -0.05) is 55.2 Å². The molecule has 8 heteroatoms. The number of amides is 1. The molecular formula is C26H28Cl2N2O4. The predicted octanol–water partition coefficient (Wildman–Crippen LogP) is 6.68. The molecule has 4 rings (SSSR count). The van der Waals surface area contributed by atoms with Gasteiger partial charge in [0, 0.05) is 16.9 Å². The molecule has 2 fully saturated rings. The van der Waals surface area contributed by atoms with E-state index in [9.17, 15) is 9.59 Å². The molecule has 2 unspecified atom stereocenters. The van der Waals surface area contributed by atoms with E-state index in [2.05, 4.69) is 31.2 Å². The van der Waals surface area contributed by atoms with Gasteiger partial charge in [0.05, 0.1) is 34.5 Å². The minimum atomic E-state index is -0.695. The third-order valence-corrected chi connectivity index (χ3v) is 8.71. The standard InChI is InChI=1S/C26H28Cl2N2O4/c1-15-6-9-20(33-5)19(12-15)29-23(32)26-11-10-25(4,24(26,2)3)21(14-26)30-34-22(31)17-8-7-16(27)13-18(17)28/h6-9,12-13H,10-11,14H2,1-5H3,(H,29,32). The summed E-state index contributed by atoms with van der Waals surface area (Å²) in [6, 6.07) is 10.2. The van der Waals surface area contributed by atoms with Crippen LogP contribution in [0.3, 0.4) is 0 Å². The molecule has 2 aliphatic carbocycles. The van der Waals surface area contributed by atoms with Crippen molar-refractivity contribution in [3.8, 4) is 5.75 Å². The minimum absolute atomic E-state index is 0.0811. The molecule has 1 amide bonds.